The van der Waals surface area contributed by atoms with Gasteiger partial charge in [0.25, 0.3) is 0 Å². The Morgan fingerprint density at radius 3 is 1.25 bits per heavy atom. The van der Waals surface area contributed by atoms with E-state index in [2.05, 4.69) is 217 Å². The maximum Gasteiger partial charge on any atom is 0.164 e. The van der Waals surface area contributed by atoms with Crippen molar-refractivity contribution < 1.29 is 4.42 Å². The summed E-state index contributed by atoms with van der Waals surface area (Å²) >= 11 is 0. The molecule has 10 aromatic carbocycles. The second kappa shape index (κ2) is 16.4. The van der Waals surface area contributed by atoms with Gasteiger partial charge in [-0.1, -0.05) is 188 Å². The summed E-state index contributed by atoms with van der Waals surface area (Å²) in [6, 6.07) is 85.3. The highest BCUT2D eigenvalue weighted by Crippen LogP contribution is 2.45. The number of para-hydroxylation sites is 2. The van der Waals surface area contributed by atoms with Gasteiger partial charge in [0.2, 0.25) is 0 Å². The predicted octanol–water partition coefficient (Wildman–Crippen LogP) is 16.5. The smallest absolute Gasteiger partial charge is 0.164 e. The number of furan rings is 1. The first-order chi connectivity index (χ1) is 33.7. The average Bonchev–Trinajstić information content (AvgIpc) is 3.95. The zero-order chi connectivity index (χ0) is 45.0. The van der Waals surface area contributed by atoms with Crippen LogP contribution in [0.4, 0.5) is 0 Å². The van der Waals surface area contributed by atoms with E-state index in [0.717, 1.165) is 111 Å². The highest BCUT2D eigenvalue weighted by molar-refractivity contribution is 6.18. The molecule has 13 rings (SSSR count). The second-order valence-electron chi connectivity index (χ2n) is 17.2. The topological polar surface area (TPSA) is 56.7 Å². The van der Waals surface area contributed by atoms with Gasteiger partial charge in [-0.2, -0.15) is 0 Å². The van der Waals surface area contributed by atoms with Gasteiger partial charge in [0.15, 0.2) is 17.5 Å². The van der Waals surface area contributed by atoms with Crippen LogP contribution in [-0.2, 0) is 0 Å². The molecule has 318 valence electrons. The Kier molecular flexibility index (Phi) is 9.43. The molecule has 0 radical (unpaired) electrons. The standard InChI is InChI=1S/C63H40N4O/c1-6-20-41(21-7-1)46-34-47(42-22-8-2-9-23-42)36-48(35-46)62-64-61(45-28-14-5-15-29-45)65-63(66-62)49-37-52(43-24-10-3-11-25-43)60(53(38-49)44-26-12-4-13-27-44)67-56-32-18-16-30-50(56)54-40-59-55(39-57(54)67)51-31-17-19-33-58(51)68-59/h1-40H. The van der Waals surface area contributed by atoms with E-state index in [1.165, 1.54) is 0 Å². The number of fused-ring (bicyclic) bond motifs is 6. The Labute approximate surface area is 392 Å². The number of rotatable bonds is 8. The third kappa shape index (κ3) is 6.84. The number of hydrogen-bond donors (Lipinski definition) is 0. The largest absolute Gasteiger partial charge is 0.456 e. The molecule has 0 N–H and O–H groups in total. The molecule has 68 heavy (non-hydrogen) atoms. The van der Waals surface area contributed by atoms with Gasteiger partial charge < -0.3 is 8.98 Å². The van der Waals surface area contributed by atoms with Crippen LogP contribution in [0.1, 0.15) is 0 Å². The van der Waals surface area contributed by atoms with E-state index >= 15 is 0 Å². The van der Waals surface area contributed by atoms with Gasteiger partial charge in [-0.3, -0.25) is 0 Å². The summed E-state index contributed by atoms with van der Waals surface area (Å²) in [4.78, 5) is 16.1. The van der Waals surface area contributed by atoms with Gasteiger partial charge in [0, 0.05) is 49.4 Å². The van der Waals surface area contributed by atoms with Crippen molar-refractivity contribution in [3.05, 3.63) is 243 Å². The van der Waals surface area contributed by atoms with Crippen molar-refractivity contribution in [1.82, 2.24) is 19.5 Å². The second-order valence-corrected chi connectivity index (χ2v) is 17.2. The van der Waals surface area contributed by atoms with Crippen molar-refractivity contribution in [2.75, 3.05) is 0 Å². The third-order valence-electron chi connectivity index (χ3n) is 13.0. The Morgan fingerprint density at radius 1 is 0.265 bits per heavy atom. The quantitative estimate of drug-likeness (QED) is 0.153. The van der Waals surface area contributed by atoms with Crippen LogP contribution in [0.5, 0.6) is 0 Å². The fourth-order valence-corrected chi connectivity index (χ4v) is 9.81. The number of nitrogens with zero attached hydrogens (tertiary/aromatic N) is 4. The summed E-state index contributed by atoms with van der Waals surface area (Å²) in [5, 5.41) is 4.44. The molecular formula is C63H40N4O. The van der Waals surface area contributed by atoms with E-state index in [0.29, 0.717) is 17.5 Å². The van der Waals surface area contributed by atoms with Crippen LogP contribution in [0.2, 0.25) is 0 Å². The van der Waals surface area contributed by atoms with Gasteiger partial charge >= 0.3 is 0 Å². The van der Waals surface area contributed by atoms with Gasteiger partial charge in [-0.25, -0.2) is 15.0 Å². The molecule has 0 fully saturated rings. The van der Waals surface area contributed by atoms with Crippen LogP contribution < -0.4 is 0 Å². The zero-order valence-corrected chi connectivity index (χ0v) is 36.8. The van der Waals surface area contributed by atoms with Crippen LogP contribution in [-0.4, -0.2) is 19.5 Å². The SMILES string of the molecule is c1ccc(-c2cc(-c3ccccc3)cc(-c3nc(-c4ccccc4)nc(-c4cc(-c5ccccc5)c(-n5c6ccccc6c6cc7oc8ccccc8c7cc65)c(-c5ccccc5)c4)n3)c2)cc1. The predicted molar refractivity (Wildman–Crippen MR) is 279 cm³/mol. The number of benzene rings is 10. The Balaban J connectivity index is 1.11. The molecular weight excluding hydrogens is 829 g/mol. The lowest BCUT2D eigenvalue weighted by molar-refractivity contribution is 0.669. The first-order valence-electron chi connectivity index (χ1n) is 22.9. The average molecular weight is 869 g/mol. The molecule has 0 unspecified atom stereocenters. The van der Waals surface area contributed by atoms with Crippen molar-refractivity contribution >= 4 is 43.7 Å². The fourth-order valence-electron chi connectivity index (χ4n) is 9.81. The molecule has 0 spiro atoms. The van der Waals surface area contributed by atoms with Crippen LogP contribution >= 0.6 is 0 Å². The monoisotopic (exact) mass is 868 g/mol. The molecule has 0 saturated heterocycles. The number of aromatic nitrogens is 4. The third-order valence-corrected chi connectivity index (χ3v) is 13.0. The molecule has 0 aliphatic rings. The summed E-state index contributed by atoms with van der Waals surface area (Å²) in [7, 11) is 0. The normalized spacial score (nSPS) is 11.5. The van der Waals surface area contributed by atoms with Crippen molar-refractivity contribution in [3.8, 4) is 84.4 Å². The van der Waals surface area contributed by atoms with Crippen molar-refractivity contribution in [3.63, 3.8) is 0 Å². The Bertz CT molecular complexity index is 3880. The molecule has 13 aromatic rings. The molecule has 0 amide bonds. The van der Waals surface area contributed by atoms with E-state index in [1.807, 2.05) is 30.3 Å². The summed E-state index contributed by atoms with van der Waals surface area (Å²) in [5.74, 6) is 1.77. The lowest BCUT2D eigenvalue weighted by atomic mass is 9.92. The van der Waals surface area contributed by atoms with E-state index in [-0.39, 0.29) is 0 Å². The zero-order valence-electron chi connectivity index (χ0n) is 36.8. The minimum Gasteiger partial charge on any atom is -0.456 e. The van der Waals surface area contributed by atoms with E-state index in [9.17, 15) is 0 Å². The molecule has 3 heterocycles. The van der Waals surface area contributed by atoms with E-state index in [1.54, 1.807) is 0 Å². The maximum atomic E-state index is 6.49. The van der Waals surface area contributed by atoms with Crippen LogP contribution in [0.15, 0.2) is 247 Å². The van der Waals surface area contributed by atoms with Gasteiger partial charge in [0.05, 0.1) is 16.7 Å². The first kappa shape index (κ1) is 39.2. The lowest BCUT2D eigenvalue weighted by Gasteiger charge is -2.21. The van der Waals surface area contributed by atoms with Crippen molar-refractivity contribution in [1.29, 1.82) is 0 Å². The van der Waals surface area contributed by atoms with Crippen LogP contribution in [0, 0.1) is 0 Å². The molecule has 0 saturated carbocycles. The van der Waals surface area contributed by atoms with E-state index in [4.69, 9.17) is 19.4 Å². The summed E-state index contributed by atoms with van der Waals surface area (Å²) in [6.45, 7) is 0. The molecule has 3 aromatic heterocycles. The van der Waals surface area contributed by atoms with Crippen molar-refractivity contribution in [2.45, 2.75) is 0 Å². The van der Waals surface area contributed by atoms with Gasteiger partial charge in [-0.15, -0.1) is 0 Å². The summed E-state index contributed by atoms with van der Waals surface area (Å²) in [5.41, 5.74) is 16.3. The lowest BCUT2D eigenvalue weighted by Crippen LogP contribution is -2.04. The minimum absolute atomic E-state index is 0.579. The fraction of sp³-hybridized carbons (Fsp3) is 0. The minimum atomic E-state index is 0.579. The van der Waals surface area contributed by atoms with Crippen LogP contribution in [0.3, 0.4) is 0 Å². The van der Waals surface area contributed by atoms with Crippen molar-refractivity contribution in [2.24, 2.45) is 0 Å². The summed E-state index contributed by atoms with van der Waals surface area (Å²) in [6.07, 6.45) is 0. The van der Waals surface area contributed by atoms with Gasteiger partial charge in [0.1, 0.15) is 11.2 Å². The summed E-state index contributed by atoms with van der Waals surface area (Å²) < 4.78 is 8.94. The number of hydrogen-bond acceptors (Lipinski definition) is 4. The van der Waals surface area contributed by atoms with Crippen LogP contribution in [0.25, 0.3) is 128 Å². The Morgan fingerprint density at radius 2 is 0.691 bits per heavy atom. The molecule has 5 heteroatoms. The highest BCUT2D eigenvalue weighted by Gasteiger charge is 2.24. The van der Waals surface area contributed by atoms with E-state index < -0.39 is 0 Å². The molecule has 0 atom stereocenters. The maximum absolute atomic E-state index is 6.49. The van der Waals surface area contributed by atoms with Gasteiger partial charge in [-0.05, 0) is 88.0 Å². The highest BCUT2D eigenvalue weighted by atomic mass is 16.3. The molecule has 0 aliphatic carbocycles. The first-order valence-corrected chi connectivity index (χ1v) is 22.9. The molecule has 5 nitrogen and oxygen atoms in total. The Hall–Kier alpha value is -9.19. The molecule has 0 bridgehead atoms. The molecule has 0 aliphatic heterocycles.